The van der Waals surface area contributed by atoms with E-state index in [2.05, 4.69) is 4.98 Å². The van der Waals surface area contributed by atoms with Crippen LogP contribution in [0.15, 0.2) is 10.9 Å². The van der Waals surface area contributed by atoms with Crippen LogP contribution in [0.25, 0.3) is 0 Å². The van der Waals surface area contributed by atoms with Crippen molar-refractivity contribution >= 4 is 17.2 Å². The third kappa shape index (κ3) is 3.04. The van der Waals surface area contributed by atoms with Crippen LogP contribution in [0.2, 0.25) is 0 Å². The largest absolute Gasteiger partial charge is 0.339 e. The Labute approximate surface area is 107 Å². The normalized spacial score (nSPS) is 11.5. The van der Waals surface area contributed by atoms with Gasteiger partial charge in [0.2, 0.25) is 5.91 Å². The minimum atomic E-state index is -0.412. The number of nitrogens with two attached hydrogens (primary N) is 1. The van der Waals surface area contributed by atoms with Gasteiger partial charge in [-0.3, -0.25) is 4.79 Å². The van der Waals surface area contributed by atoms with E-state index in [1.165, 1.54) is 0 Å². The average molecular weight is 255 g/mol. The van der Waals surface area contributed by atoms with Crippen LogP contribution in [0.5, 0.6) is 0 Å². The first-order chi connectivity index (χ1) is 8.09. The number of carbonyl (C=O) groups is 1. The summed E-state index contributed by atoms with van der Waals surface area (Å²) in [4.78, 5) is 18.3. The van der Waals surface area contributed by atoms with Crippen LogP contribution >= 0.6 is 11.3 Å². The van der Waals surface area contributed by atoms with Gasteiger partial charge in [-0.05, 0) is 12.8 Å². The quantitative estimate of drug-likeness (QED) is 0.844. The first kappa shape index (κ1) is 14.1. The summed E-state index contributed by atoms with van der Waals surface area (Å²) in [7, 11) is 1.82. The maximum absolute atomic E-state index is 12.4. The molecule has 0 saturated heterocycles. The highest BCUT2D eigenvalue weighted by Crippen LogP contribution is 2.27. The van der Waals surface area contributed by atoms with Crippen molar-refractivity contribution in [2.45, 2.75) is 33.2 Å². The summed E-state index contributed by atoms with van der Waals surface area (Å²) in [5.74, 6) is 0.123. The molecule has 0 bridgehead atoms. The van der Waals surface area contributed by atoms with Gasteiger partial charge < -0.3 is 10.6 Å². The zero-order valence-corrected chi connectivity index (χ0v) is 11.6. The fraction of sp³-hybridized carbons (Fsp3) is 0.667. The second-order valence-electron chi connectivity index (χ2n) is 4.33. The number of hydrogen-bond acceptors (Lipinski definition) is 4. The monoisotopic (exact) mass is 255 g/mol. The van der Waals surface area contributed by atoms with Gasteiger partial charge >= 0.3 is 0 Å². The van der Waals surface area contributed by atoms with E-state index >= 15 is 0 Å². The van der Waals surface area contributed by atoms with E-state index in [-0.39, 0.29) is 5.91 Å². The summed E-state index contributed by atoms with van der Waals surface area (Å²) >= 11 is 1.54. The number of thiazole rings is 1. The highest BCUT2D eigenvalue weighted by molar-refractivity contribution is 7.07. The molecule has 5 heteroatoms. The van der Waals surface area contributed by atoms with Crippen LogP contribution in [0.1, 0.15) is 32.4 Å². The molecule has 0 aromatic carbocycles. The molecule has 1 aromatic heterocycles. The van der Waals surface area contributed by atoms with Gasteiger partial charge in [-0.2, -0.15) is 0 Å². The SMILES string of the molecule is CCC(CC)(CN)C(=O)N(C)Cc1cscn1. The molecule has 0 saturated carbocycles. The molecule has 0 unspecified atom stereocenters. The number of hydrogen-bond donors (Lipinski definition) is 1. The Morgan fingerprint density at radius 3 is 2.59 bits per heavy atom. The van der Waals surface area contributed by atoms with E-state index in [9.17, 15) is 4.79 Å². The molecule has 0 aliphatic carbocycles. The van der Waals surface area contributed by atoms with Gasteiger partial charge in [0, 0.05) is 19.0 Å². The maximum atomic E-state index is 12.4. The number of aromatic nitrogens is 1. The lowest BCUT2D eigenvalue weighted by Crippen LogP contribution is -2.45. The number of nitrogens with zero attached hydrogens (tertiary/aromatic N) is 2. The van der Waals surface area contributed by atoms with Crippen LogP contribution in [-0.4, -0.2) is 29.4 Å². The molecule has 1 aromatic rings. The predicted octanol–water partition coefficient (Wildman–Crippen LogP) is 1.87. The van der Waals surface area contributed by atoms with Crippen molar-refractivity contribution < 1.29 is 4.79 Å². The Balaban J connectivity index is 2.74. The second-order valence-corrected chi connectivity index (χ2v) is 5.05. The smallest absolute Gasteiger partial charge is 0.230 e. The van der Waals surface area contributed by atoms with E-state index in [1.54, 1.807) is 21.7 Å². The highest BCUT2D eigenvalue weighted by Gasteiger charge is 2.35. The van der Waals surface area contributed by atoms with Crippen molar-refractivity contribution in [1.29, 1.82) is 0 Å². The molecule has 96 valence electrons. The molecule has 2 N–H and O–H groups in total. The Kier molecular flexibility index (Phi) is 5.08. The van der Waals surface area contributed by atoms with Crippen molar-refractivity contribution in [1.82, 2.24) is 9.88 Å². The number of amides is 1. The van der Waals surface area contributed by atoms with Crippen LogP contribution < -0.4 is 5.73 Å². The van der Waals surface area contributed by atoms with Gasteiger partial charge in [0.25, 0.3) is 0 Å². The zero-order chi connectivity index (χ0) is 12.9. The molecule has 1 rings (SSSR count). The maximum Gasteiger partial charge on any atom is 0.230 e. The fourth-order valence-electron chi connectivity index (χ4n) is 1.96. The van der Waals surface area contributed by atoms with E-state index in [0.717, 1.165) is 18.5 Å². The minimum Gasteiger partial charge on any atom is -0.339 e. The van der Waals surface area contributed by atoms with Gasteiger partial charge in [0.15, 0.2) is 0 Å². The Morgan fingerprint density at radius 2 is 2.18 bits per heavy atom. The Morgan fingerprint density at radius 1 is 1.53 bits per heavy atom. The Bertz CT molecular complexity index is 338. The van der Waals surface area contributed by atoms with Crippen molar-refractivity contribution in [3.63, 3.8) is 0 Å². The molecule has 17 heavy (non-hydrogen) atoms. The summed E-state index contributed by atoms with van der Waals surface area (Å²) in [5, 5.41) is 1.96. The van der Waals surface area contributed by atoms with Gasteiger partial charge in [0.05, 0.1) is 23.2 Å². The van der Waals surface area contributed by atoms with Crippen molar-refractivity contribution in [2.75, 3.05) is 13.6 Å². The lowest BCUT2D eigenvalue weighted by molar-refractivity contribution is -0.141. The van der Waals surface area contributed by atoms with Crippen LogP contribution in [-0.2, 0) is 11.3 Å². The first-order valence-corrected chi connectivity index (χ1v) is 6.86. The molecule has 0 fully saturated rings. The molecule has 4 nitrogen and oxygen atoms in total. The predicted molar refractivity (Wildman–Crippen MR) is 70.7 cm³/mol. The first-order valence-electron chi connectivity index (χ1n) is 5.92. The van der Waals surface area contributed by atoms with Gasteiger partial charge in [-0.15, -0.1) is 11.3 Å². The number of carbonyl (C=O) groups excluding carboxylic acids is 1. The molecule has 1 heterocycles. The lowest BCUT2D eigenvalue weighted by atomic mass is 9.81. The molecule has 0 atom stereocenters. The molecular formula is C12H21N3OS. The van der Waals surface area contributed by atoms with Gasteiger partial charge in [-0.1, -0.05) is 13.8 Å². The fourth-order valence-corrected chi connectivity index (χ4v) is 2.51. The molecule has 0 radical (unpaired) electrons. The van der Waals surface area contributed by atoms with Gasteiger partial charge in [-0.25, -0.2) is 4.98 Å². The van der Waals surface area contributed by atoms with Crippen LogP contribution in [0.4, 0.5) is 0 Å². The van der Waals surface area contributed by atoms with E-state index in [4.69, 9.17) is 5.73 Å². The summed E-state index contributed by atoms with van der Waals surface area (Å²) < 4.78 is 0. The zero-order valence-electron chi connectivity index (χ0n) is 10.8. The summed E-state index contributed by atoms with van der Waals surface area (Å²) in [6.07, 6.45) is 1.56. The minimum absolute atomic E-state index is 0.123. The molecule has 1 amide bonds. The van der Waals surface area contributed by atoms with E-state index < -0.39 is 5.41 Å². The van der Waals surface area contributed by atoms with E-state index in [1.807, 2.05) is 26.3 Å². The second kappa shape index (κ2) is 6.12. The van der Waals surface area contributed by atoms with Crippen molar-refractivity contribution in [3.05, 3.63) is 16.6 Å². The summed E-state index contributed by atoms with van der Waals surface area (Å²) in [6, 6.07) is 0. The summed E-state index contributed by atoms with van der Waals surface area (Å²) in [6.45, 7) is 5.00. The summed E-state index contributed by atoms with van der Waals surface area (Å²) in [5.41, 5.74) is 8.08. The number of rotatable bonds is 6. The topological polar surface area (TPSA) is 59.2 Å². The van der Waals surface area contributed by atoms with Crippen molar-refractivity contribution in [2.24, 2.45) is 11.1 Å². The highest BCUT2D eigenvalue weighted by atomic mass is 32.1. The van der Waals surface area contributed by atoms with Crippen LogP contribution in [0, 0.1) is 5.41 Å². The molecule has 0 aliphatic rings. The third-order valence-corrected chi connectivity index (χ3v) is 4.06. The van der Waals surface area contributed by atoms with E-state index in [0.29, 0.717) is 13.1 Å². The van der Waals surface area contributed by atoms with Crippen molar-refractivity contribution in [3.8, 4) is 0 Å². The van der Waals surface area contributed by atoms with Crippen LogP contribution in [0.3, 0.4) is 0 Å². The standard InChI is InChI=1S/C12H21N3OS/c1-4-12(5-2,8-13)11(16)15(3)6-10-7-17-9-14-10/h7,9H,4-6,8,13H2,1-3H3. The molecule has 0 spiro atoms. The molecular weight excluding hydrogens is 234 g/mol. The van der Waals surface area contributed by atoms with Gasteiger partial charge in [0.1, 0.15) is 0 Å². The average Bonchev–Trinajstić information content (AvgIpc) is 2.84. The Hall–Kier alpha value is -0.940. The lowest BCUT2D eigenvalue weighted by Gasteiger charge is -2.33. The molecule has 0 aliphatic heterocycles. The third-order valence-electron chi connectivity index (χ3n) is 3.43.